The van der Waals surface area contributed by atoms with Gasteiger partial charge in [-0.1, -0.05) is 13.8 Å². The van der Waals surface area contributed by atoms with Crippen LogP contribution in [0.2, 0.25) is 0 Å². The van der Waals surface area contributed by atoms with Crippen LogP contribution >= 0.6 is 0 Å². The number of hydrogen-bond donors (Lipinski definition) is 0. The van der Waals surface area contributed by atoms with Crippen molar-refractivity contribution in [3.63, 3.8) is 0 Å². The first-order chi connectivity index (χ1) is 11.1. The van der Waals surface area contributed by atoms with Gasteiger partial charge in [0.1, 0.15) is 0 Å². The molecule has 0 bridgehead atoms. The van der Waals surface area contributed by atoms with Crippen LogP contribution in [0.1, 0.15) is 50.2 Å². The molecule has 2 atom stereocenters. The number of benzene rings is 1. The molecule has 2 unspecified atom stereocenters. The highest BCUT2D eigenvalue weighted by atomic mass is 16.5. The lowest BCUT2D eigenvalue weighted by atomic mass is 9.80. The lowest BCUT2D eigenvalue weighted by Crippen LogP contribution is -2.28. The number of ether oxygens (including phenoxy) is 3. The fourth-order valence-corrected chi connectivity index (χ4v) is 3.85. The molecule has 1 fully saturated rings. The largest absolute Gasteiger partial charge is 0.493 e. The van der Waals surface area contributed by atoms with Crippen LogP contribution < -0.4 is 9.47 Å². The van der Waals surface area contributed by atoms with Gasteiger partial charge in [-0.25, -0.2) is 0 Å². The second kappa shape index (κ2) is 6.52. The van der Waals surface area contributed by atoms with E-state index in [1.165, 1.54) is 24.0 Å². The highest BCUT2D eigenvalue weighted by molar-refractivity contribution is 5.85. The molecule has 1 aliphatic carbocycles. The molecule has 2 aliphatic rings. The number of hydrogen-bond acceptors (Lipinski definition) is 4. The Hall–Kier alpha value is -1.55. The molecular weight excluding hydrogens is 290 g/mol. The summed E-state index contributed by atoms with van der Waals surface area (Å²) in [6.45, 7) is 5.99. The molecule has 3 rings (SSSR count). The highest BCUT2D eigenvalue weighted by Gasteiger charge is 2.44. The standard InChI is InChI=1S/C19H27NO3/c1-19(2)7-6-14-15-11-17(23-9-5-8-21-3)16(22-4)10-13(15)12-20-18(14)19/h10-12,14,18H,5-9H2,1-4H3. The minimum absolute atomic E-state index is 0.276. The maximum atomic E-state index is 5.95. The first kappa shape index (κ1) is 16.3. The average molecular weight is 317 g/mol. The van der Waals surface area contributed by atoms with Crippen molar-refractivity contribution in [3.8, 4) is 11.5 Å². The van der Waals surface area contributed by atoms with Gasteiger partial charge in [0.2, 0.25) is 0 Å². The molecule has 0 saturated heterocycles. The molecule has 126 valence electrons. The lowest BCUT2D eigenvalue weighted by molar-refractivity contribution is 0.170. The summed E-state index contributed by atoms with van der Waals surface area (Å²) in [6.07, 6.45) is 5.30. The predicted molar refractivity (Wildman–Crippen MR) is 92.1 cm³/mol. The summed E-state index contributed by atoms with van der Waals surface area (Å²) in [6, 6.07) is 4.61. The maximum absolute atomic E-state index is 5.95. The summed E-state index contributed by atoms with van der Waals surface area (Å²) in [5.41, 5.74) is 2.81. The van der Waals surface area contributed by atoms with Gasteiger partial charge in [0.25, 0.3) is 0 Å². The maximum Gasteiger partial charge on any atom is 0.161 e. The van der Waals surface area contributed by atoms with E-state index in [1.807, 2.05) is 6.21 Å². The molecule has 0 aromatic heterocycles. The molecule has 0 amide bonds. The average Bonchev–Trinajstić information content (AvgIpc) is 2.86. The van der Waals surface area contributed by atoms with Crippen molar-refractivity contribution in [3.05, 3.63) is 23.3 Å². The van der Waals surface area contributed by atoms with Crippen LogP contribution in [-0.2, 0) is 4.74 Å². The monoisotopic (exact) mass is 317 g/mol. The summed E-state index contributed by atoms with van der Waals surface area (Å²) >= 11 is 0. The molecule has 0 radical (unpaired) electrons. The Morgan fingerprint density at radius 1 is 1.17 bits per heavy atom. The van der Waals surface area contributed by atoms with Crippen molar-refractivity contribution < 1.29 is 14.2 Å². The first-order valence-corrected chi connectivity index (χ1v) is 8.43. The van der Waals surface area contributed by atoms with Gasteiger partial charge in [-0.2, -0.15) is 0 Å². The molecule has 1 aromatic carbocycles. The minimum atomic E-state index is 0.276. The summed E-state index contributed by atoms with van der Waals surface area (Å²) in [4.78, 5) is 4.84. The van der Waals surface area contributed by atoms with Gasteiger partial charge in [-0.3, -0.25) is 4.99 Å². The van der Waals surface area contributed by atoms with E-state index in [4.69, 9.17) is 19.2 Å². The summed E-state index contributed by atoms with van der Waals surface area (Å²) in [5.74, 6) is 2.11. The van der Waals surface area contributed by atoms with Crippen molar-refractivity contribution in [2.45, 2.75) is 45.1 Å². The fraction of sp³-hybridized carbons (Fsp3) is 0.632. The Kier molecular flexibility index (Phi) is 4.62. The third kappa shape index (κ3) is 3.09. The third-order valence-electron chi connectivity index (χ3n) is 5.17. The quantitative estimate of drug-likeness (QED) is 0.749. The Morgan fingerprint density at radius 3 is 2.74 bits per heavy atom. The van der Waals surface area contributed by atoms with Crippen molar-refractivity contribution in [2.24, 2.45) is 10.4 Å². The molecule has 1 saturated carbocycles. The van der Waals surface area contributed by atoms with Crippen molar-refractivity contribution in [2.75, 3.05) is 27.4 Å². The van der Waals surface area contributed by atoms with Crippen LogP contribution in [0.3, 0.4) is 0 Å². The normalized spacial score (nSPS) is 24.2. The van der Waals surface area contributed by atoms with Crippen LogP contribution in [-0.4, -0.2) is 39.7 Å². The molecule has 23 heavy (non-hydrogen) atoms. The van der Waals surface area contributed by atoms with E-state index in [2.05, 4.69) is 26.0 Å². The van der Waals surface area contributed by atoms with E-state index < -0.39 is 0 Å². The topological polar surface area (TPSA) is 40.0 Å². The van der Waals surface area contributed by atoms with Gasteiger partial charge < -0.3 is 14.2 Å². The van der Waals surface area contributed by atoms with E-state index >= 15 is 0 Å². The minimum Gasteiger partial charge on any atom is -0.493 e. The third-order valence-corrected chi connectivity index (χ3v) is 5.17. The molecule has 1 heterocycles. The van der Waals surface area contributed by atoms with Gasteiger partial charge in [-0.05, 0) is 41.5 Å². The van der Waals surface area contributed by atoms with E-state index in [0.29, 0.717) is 25.2 Å². The van der Waals surface area contributed by atoms with Gasteiger partial charge in [0.15, 0.2) is 11.5 Å². The molecule has 0 spiro atoms. The van der Waals surface area contributed by atoms with Gasteiger partial charge in [-0.15, -0.1) is 0 Å². The van der Waals surface area contributed by atoms with Gasteiger partial charge in [0.05, 0.1) is 19.8 Å². The molecule has 4 nitrogen and oxygen atoms in total. The van der Waals surface area contributed by atoms with Crippen LogP contribution in [0.4, 0.5) is 0 Å². The van der Waals surface area contributed by atoms with Crippen LogP contribution in [0.15, 0.2) is 17.1 Å². The summed E-state index contributed by atoms with van der Waals surface area (Å²) in [7, 11) is 3.39. The number of aliphatic imine (C=N–C) groups is 1. The number of methoxy groups -OCH3 is 2. The van der Waals surface area contributed by atoms with Crippen molar-refractivity contribution in [1.82, 2.24) is 0 Å². The van der Waals surface area contributed by atoms with E-state index in [9.17, 15) is 0 Å². The smallest absolute Gasteiger partial charge is 0.161 e. The Morgan fingerprint density at radius 2 is 2.00 bits per heavy atom. The predicted octanol–water partition coefficient (Wildman–Crippen LogP) is 3.82. The van der Waals surface area contributed by atoms with Gasteiger partial charge >= 0.3 is 0 Å². The highest BCUT2D eigenvalue weighted by Crippen LogP contribution is 2.51. The molecule has 1 aliphatic heterocycles. The Bertz CT molecular complexity index is 595. The fourth-order valence-electron chi connectivity index (χ4n) is 3.85. The molecular formula is C19H27NO3. The SMILES string of the molecule is COCCCOc1cc2c(cc1OC)C=NC1C2CCC1(C)C. The van der Waals surface area contributed by atoms with E-state index in [1.54, 1.807) is 14.2 Å². The Labute approximate surface area is 138 Å². The van der Waals surface area contributed by atoms with E-state index in [-0.39, 0.29) is 5.41 Å². The number of fused-ring (bicyclic) bond motifs is 3. The van der Waals surface area contributed by atoms with Crippen molar-refractivity contribution in [1.29, 1.82) is 0 Å². The van der Waals surface area contributed by atoms with Crippen LogP contribution in [0.25, 0.3) is 0 Å². The number of nitrogens with zero attached hydrogens (tertiary/aromatic N) is 1. The summed E-state index contributed by atoms with van der Waals surface area (Å²) < 4.78 is 16.5. The summed E-state index contributed by atoms with van der Waals surface area (Å²) in [5, 5.41) is 0. The second-order valence-electron chi connectivity index (χ2n) is 7.18. The first-order valence-electron chi connectivity index (χ1n) is 8.43. The second-order valence-corrected chi connectivity index (χ2v) is 7.18. The zero-order chi connectivity index (χ0) is 16.4. The zero-order valence-corrected chi connectivity index (χ0v) is 14.6. The van der Waals surface area contributed by atoms with E-state index in [0.717, 1.165) is 17.9 Å². The Balaban J connectivity index is 1.87. The van der Waals surface area contributed by atoms with Crippen molar-refractivity contribution >= 4 is 6.21 Å². The molecule has 1 aromatic rings. The van der Waals surface area contributed by atoms with Crippen LogP contribution in [0, 0.1) is 5.41 Å². The molecule has 0 N–H and O–H groups in total. The van der Waals surface area contributed by atoms with Crippen LogP contribution in [0.5, 0.6) is 11.5 Å². The zero-order valence-electron chi connectivity index (χ0n) is 14.6. The number of rotatable bonds is 6. The lowest BCUT2D eigenvalue weighted by Gasteiger charge is -2.31. The molecule has 4 heteroatoms. The van der Waals surface area contributed by atoms with Gasteiger partial charge in [0, 0.05) is 32.3 Å².